The molecule has 1 aromatic heterocycles. The van der Waals surface area contributed by atoms with Gasteiger partial charge in [0.05, 0.1) is 29.8 Å². The number of imide groups is 1. The smallest absolute Gasteiger partial charge is 0.330 e. The van der Waals surface area contributed by atoms with Crippen molar-refractivity contribution >= 4 is 17.8 Å². The maximum absolute atomic E-state index is 12.1. The minimum absolute atomic E-state index is 0.00929. The van der Waals surface area contributed by atoms with Crippen molar-refractivity contribution in [2.75, 3.05) is 0 Å². The van der Waals surface area contributed by atoms with Gasteiger partial charge in [0.2, 0.25) is 0 Å². The molecule has 0 radical (unpaired) electrons. The van der Waals surface area contributed by atoms with E-state index >= 15 is 0 Å². The minimum Gasteiger partial charge on any atom is -0.330 e. The number of carbonyl (C=O) groups is 3. The molecule has 2 aromatic rings. The van der Waals surface area contributed by atoms with Crippen molar-refractivity contribution in [1.29, 1.82) is 0 Å². The van der Waals surface area contributed by atoms with Gasteiger partial charge in [0.1, 0.15) is 0 Å². The average molecular weight is 313 g/mol. The first-order valence-corrected chi connectivity index (χ1v) is 7.17. The third kappa shape index (κ3) is 2.73. The molecule has 0 aliphatic carbocycles. The highest BCUT2D eigenvalue weighted by Gasteiger charge is 2.38. The maximum atomic E-state index is 12.1. The van der Waals surface area contributed by atoms with Crippen LogP contribution in [0, 0.1) is 13.8 Å². The summed E-state index contributed by atoms with van der Waals surface area (Å²) in [6.45, 7) is 4.07. The summed E-state index contributed by atoms with van der Waals surface area (Å²) in [5, 5.41) is 4.76. The number of aromatic nitrogens is 2. The maximum Gasteiger partial charge on any atom is 0.335 e. The zero-order valence-corrected chi connectivity index (χ0v) is 12.8. The van der Waals surface area contributed by atoms with E-state index in [4.69, 9.17) is 4.84 Å². The van der Waals surface area contributed by atoms with E-state index < -0.39 is 17.8 Å². The largest absolute Gasteiger partial charge is 0.335 e. The highest BCUT2D eigenvalue weighted by atomic mass is 16.7. The molecule has 1 aromatic carbocycles. The van der Waals surface area contributed by atoms with Gasteiger partial charge in [-0.3, -0.25) is 14.3 Å². The van der Waals surface area contributed by atoms with Crippen LogP contribution in [0.1, 0.15) is 38.5 Å². The van der Waals surface area contributed by atoms with Crippen LogP contribution in [0.25, 0.3) is 0 Å². The zero-order chi connectivity index (χ0) is 16.6. The Labute approximate surface area is 132 Å². The van der Waals surface area contributed by atoms with Crippen LogP contribution in [-0.4, -0.2) is 32.6 Å². The number of fused-ring (bicyclic) bond motifs is 1. The minimum atomic E-state index is -0.660. The Balaban J connectivity index is 1.64. The molecular weight excluding hydrogens is 298 g/mol. The molecule has 2 amide bonds. The van der Waals surface area contributed by atoms with E-state index in [0.29, 0.717) is 11.6 Å². The predicted octanol–water partition coefficient (Wildman–Crippen LogP) is 1.64. The molecule has 7 heteroatoms. The highest BCUT2D eigenvalue weighted by molar-refractivity contribution is 6.20. The first-order chi connectivity index (χ1) is 11.0. The van der Waals surface area contributed by atoms with Gasteiger partial charge in [-0.2, -0.15) is 5.10 Å². The van der Waals surface area contributed by atoms with Gasteiger partial charge in [0.15, 0.2) is 0 Å². The fourth-order valence-electron chi connectivity index (χ4n) is 2.50. The van der Waals surface area contributed by atoms with Gasteiger partial charge >= 0.3 is 5.97 Å². The second-order valence-corrected chi connectivity index (χ2v) is 5.31. The summed E-state index contributed by atoms with van der Waals surface area (Å²) in [5.41, 5.74) is 2.26. The predicted molar refractivity (Wildman–Crippen MR) is 79.4 cm³/mol. The van der Waals surface area contributed by atoms with Crippen LogP contribution in [0.3, 0.4) is 0 Å². The number of hydrogen-bond donors (Lipinski definition) is 0. The Kier molecular flexibility index (Phi) is 3.69. The van der Waals surface area contributed by atoms with Crippen molar-refractivity contribution in [3.8, 4) is 0 Å². The third-order valence-electron chi connectivity index (χ3n) is 3.58. The molecule has 7 nitrogen and oxygen atoms in total. The molecule has 118 valence electrons. The van der Waals surface area contributed by atoms with Gasteiger partial charge in [-0.05, 0) is 32.0 Å². The molecule has 0 fully saturated rings. The summed E-state index contributed by atoms with van der Waals surface area (Å²) in [4.78, 5) is 41.0. The lowest BCUT2D eigenvalue weighted by molar-refractivity contribution is -0.168. The lowest BCUT2D eigenvalue weighted by Crippen LogP contribution is -2.33. The van der Waals surface area contributed by atoms with Gasteiger partial charge in [-0.25, -0.2) is 4.79 Å². The van der Waals surface area contributed by atoms with Crippen LogP contribution in [0.2, 0.25) is 0 Å². The summed E-state index contributed by atoms with van der Waals surface area (Å²) in [6.07, 6.45) is 0.00929. The number of aryl methyl sites for hydroxylation is 3. The number of hydrogen-bond acceptors (Lipinski definition) is 5. The number of carbonyl (C=O) groups excluding carboxylic acids is 3. The molecule has 0 saturated carbocycles. The van der Waals surface area contributed by atoms with Crippen LogP contribution in [0.4, 0.5) is 0 Å². The molecule has 0 unspecified atom stereocenters. The van der Waals surface area contributed by atoms with Crippen LogP contribution in [0.5, 0.6) is 0 Å². The van der Waals surface area contributed by atoms with E-state index in [9.17, 15) is 14.4 Å². The highest BCUT2D eigenvalue weighted by Crippen LogP contribution is 2.22. The molecule has 0 spiro atoms. The summed E-state index contributed by atoms with van der Waals surface area (Å²) < 4.78 is 1.68. The van der Waals surface area contributed by atoms with Crippen LogP contribution in [0.15, 0.2) is 30.3 Å². The van der Waals surface area contributed by atoms with Gasteiger partial charge in [-0.1, -0.05) is 17.2 Å². The molecule has 1 aliphatic rings. The molecular formula is C16H15N3O4. The zero-order valence-electron chi connectivity index (χ0n) is 12.8. The normalized spacial score (nSPS) is 13.4. The quantitative estimate of drug-likeness (QED) is 0.802. The molecule has 0 atom stereocenters. The third-order valence-corrected chi connectivity index (χ3v) is 3.58. The number of rotatable bonds is 4. The summed E-state index contributed by atoms with van der Waals surface area (Å²) in [7, 11) is 0. The SMILES string of the molecule is Cc1cc(C)n(CCC(=O)ON2C(=O)c3ccccc3C2=O)n1. The van der Waals surface area contributed by atoms with Gasteiger partial charge < -0.3 is 4.84 Å². The monoisotopic (exact) mass is 313 g/mol. The molecule has 0 bridgehead atoms. The van der Waals surface area contributed by atoms with Crippen LogP contribution < -0.4 is 0 Å². The topological polar surface area (TPSA) is 81.5 Å². The van der Waals surface area contributed by atoms with E-state index in [1.54, 1.807) is 16.8 Å². The van der Waals surface area contributed by atoms with E-state index in [1.807, 2.05) is 19.9 Å². The number of hydroxylamine groups is 2. The van der Waals surface area contributed by atoms with E-state index in [0.717, 1.165) is 11.4 Å². The fourth-order valence-corrected chi connectivity index (χ4v) is 2.50. The molecule has 3 rings (SSSR count). The molecule has 2 heterocycles. The van der Waals surface area contributed by atoms with Crippen molar-refractivity contribution in [3.05, 3.63) is 52.8 Å². The standard InChI is InChI=1S/C16H15N3O4/c1-10-9-11(2)18(17-10)8-7-14(20)23-19-15(21)12-5-3-4-6-13(12)16(19)22/h3-6,9H,7-8H2,1-2H3. The lowest BCUT2D eigenvalue weighted by Gasteiger charge is -2.12. The summed E-state index contributed by atoms with van der Waals surface area (Å²) in [6, 6.07) is 8.25. The average Bonchev–Trinajstić information content (AvgIpc) is 2.97. The van der Waals surface area contributed by atoms with Crippen molar-refractivity contribution in [2.24, 2.45) is 0 Å². The molecule has 0 saturated heterocycles. The summed E-state index contributed by atoms with van der Waals surface area (Å²) >= 11 is 0. The first-order valence-electron chi connectivity index (χ1n) is 7.17. The number of benzene rings is 1. The molecule has 23 heavy (non-hydrogen) atoms. The molecule has 0 N–H and O–H groups in total. The van der Waals surface area contributed by atoms with Gasteiger partial charge in [-0.15, -0.1) is 0 Å². The van der Waals surface area contributed by atoms with Gasteiger partial charge in [0, 0.05) is 5.69 Å². The Morgan fingerprint density at radius 3 is 2.26 bits per heavy atom. The Morgan fingerprint density at radius 2 is 1.74 bits per heavy atom. The Bertz CT molecular complexity index is 774. The van der Waals surface area contributed by atoms with Crippen molar-refractivity contribution in [1.82, 2.24) is 14.8 Å². The van der Waals surface area contributed by atoms with Crippen molar-refractivity contribution in [3.63, 3.8) is 0 Å². The van der Waals surface area contributed by atoms with E-state index in [1.165, 1.54) is 12.1 Å². The van der Waals surface area contributed by atoms with E-state index in [2.05, 4.69) is 5.10 Å². The van der Waals surface area contributed by atoms with Crippen LogP contribution >= 0.6 is 0 Å². The first kappa shape index (κ1) is 15.0. The van der Waals surface area contributed by atoms with Gasteiger partial charge in [0.25, 0.3) is 11.8 Å². The molecule has 1 aliphatic heterocycles. The Morgan fingerprint density at radius 1 is 1.13 bits per heavy atom. The van der Waals surface area contributed by atoms with Crippen molar-refractivity contribution in [2.45, 2.75) is 26.8 Å². The summed E-state index contributed by atoms with van der Waals surface area (Å²) in [5.74, 6) is -1.90. The van der Waals surface area contributed by atoms with E-state index in [-0.39, 0.29) is 17.5 Å². The van der Waals surface area contributed by atoms with Crippen molar-refractivity contribution < 1.29 is 19.2 Å². The second kappa shape index (κ2) is 5.68. The fraction of sp³-hybridized carbons (Fsp3) is 0.250. The Hall–Kier alpha value is -2.96. The number of nitrogens with zero attached hydrogens (tertiary/aromatic N) is 3. The second-order valence-electron chi connectivity index (χ2n) is 5.31. The van der Waals surface area contributed by atoms with Crippen LogP contribution in [-0.2, 0) is 16.2 Å². The lowest BCUT2D eigenvalue weighted by atomic mass is 10.1. The number of amides is 2.